The highest BCUT2D eigenvalue weighted by Crippen LogP contribution is 2.36. The van der Waals surface area contributed by atoms with Gasteiger partial charge in [0.1, 0.15) is 5.82 Å². The van der Waals surface area contributed by atoms with Crippen LogP contribution in [0.2, 0.25) is 0 Å². The fourth-order valence-electron chi connectivity index (χ4n) is 3.29. The van der Waals surface area contributed by atoms with Gasteiger partial charge in [0.15, 0.2) is 0 Å². The van der Waals surface area contributed by atoms with Crippen LogP contribution in [0.25, 0.3) is 0 Å². The van der Waals surface area contributed by atoms with E-state index in [0.717, 1.165) is 22.4 Å². The molecule has 0 amide bonds. The van der Waals surface area contributed by atoms with Crippen molar-refractivity contribution in [3.63, 3.8) is 0 Å². The van der Waals surface area contributed by atoms with Gasteiger partial charge in [0.2, 0.25) is 0 Å². The molecule has 0 heterocycles. The smallest absolute Gasteiger partial charge is 0.126 e. The lowest BCUT2D eigenvalue weighted by Gasteiger charge is -2.24. The van der Waals surface area contributed by atoms with Crippen molar-refractivity contribution in [1.29, 1.82) is 0 Å². The molecule has 3 atom stereocenters. The summed E-state index contributed by atoms with van der Waals surface area (Å²) in [5, 5.41) is 3.40. The van der Waals surface area contributed by atoms with Crippen molar-refractivity contribution in [2.75, 3.05) is 7.05 Å². The van der Waals surface area contributed by atoms with Crippen LogP contribution < -0.4 is 5.32 Å². The molecular formula is C16H23BrFN. The van der Waals surface area contributed by atoms with Crippen molar-refractivity contribution in [2.45, 2.75) is 45.1 Å². The summed E-state index contributed by atoms with van der Waals surface area (Å²) in [6.07, 6.45) is 5.96. The van der Waals surface area contributed by atoms with Crippen molar-refractivity contribution in [2.24, 2.45) is 11.8 Å². The molecule has 1 saturated carbocycles. The van der Waals surface area contributed by atoms with E-state index in [-0.39, 0.29) is 5.82 Å². The van der Waals surface area contributed by atoms with Crippen LogP contribution in [0.5, 0.6) is 0 Å². The van der Waals surface area contributed by atoms with E-state index < -0.39 is 0 Å². The van der Waals surface area contributed by atoms with Gasteiger partial charge in [0.25, 0.3) is 0 Å². The lowest BCUT2D eigenvalue weighted by Crippen LogP contribution is -2.34. The van der Waals surface area contributed by atoms with Gasteiger partial charge in [-0.25, -0.2) is 4.39 Å². The number of hydrogen-bond donors (Lipinski definition) is 1. The Morgan fingerprint density at radius 2 is 2.21 bits per heavy atom. The summed E-state index contributed by atoms with van der Waals surface area (Å²) >= 11 is 3.43. The van der Waals surface area contributed by atoms with Gasteiger partial charge in [-0.3, -0.25) is 0 Å². The molecule has 0 spiro atoms. The van der Waals surface area contributed by atoms with E-state index >= 15 is 0 Å². The topological polar surface area (TPSA) is 12.0 Å². The normalized spacial score (nSPS) is 24.6. The Hall–Kier alpha value is -0.410. The van der Waals surface area contributed by atoms with Gasteiger partial charge in [-0.1, -0.05) is 35.7 Å². The largest absolute Gasteiger partial charge is 0.316 e. The summed E-state index contributed by atoms with van der Waals surface area (Å²) < 4.78 is 14.8. The van der Waals surface area contributed by atoms with Gasteiger partial charge in [0.05, 0.1) is 0 Å². The Morgan fingerprint density at radius 1 is 1.42 bits per heavy atom. The summed E-state index contributed by atoms with van der Waals surface area (Å²) in [4.78, 5) is 0. The van der Waals surface area contributed by atoms with Crippen LogP contribution >= 0.6 is 15.9 Å². The third-order valence-electron chi connectivity index (χ3n) is 4.55. The Morgan fingerprint density at radius 3 is 2.84 bits per heavy atom. The summed E-state index contributed by atoms with van der Waals surface area (Å²) in [5.74, 6) is 1.47. The second-order valence-corrected chi connectivity index (χ2v) is 6.60. The number of rotatable bonds is 5. The average Bonchev–Trinajstić information content (AvgIpc) is 2.88. The van der Waals surface area contributed by atoms with Crippen LogP contribution in [-0.4, -0.2) is 13.1 Å². The molecule has 3 unspecified atom stereocenters. The predicted molar refractivity (Wildman–Crippen MR) is 81.8 cm³/mol. The maximum Gasteiger partial charge on any atom is 0.126 e. The number of hydrogen-bond acceptors (Lipinski definition) is 1. The van der Waals surface area contributed by atoms with Gasteiger partial charge in [-0.05, 0) is 61.9 Å². The van der Waals surface area contributed by atoms with E-state index in [0.29, 0.717) is 12.0 Å². The van der Waals surface area contributed by atoms with E-state index in [9.17, 15) is 4.39 Å². The van der Waals surface area contributed by atoms with Gasteiger partial charge >= 0.3 is 0 Å². The first-order valence-corrected chi connectivity index (χ1v) is 8.04. The molecule has 1 aromatic rings. The Bertz CT molecular complexity index is 421. The number of halogens is 2. The zero-order valence-electron chi connectivity index (χ0n) is 11.8. The zero-order valence-corrected chi connectivity index (χ0v) is 13.3. The van der Waals surface area contributed by atoms with E-state index in [2.05, 4.69) is 28.2 Å². The molecule has 0 saturated heterocycles. The lowest BCUT2D eigenvalue weighted by atomic mass is 9.91. The minimum atomic E-state index is -0.0894. The number of nitrogens with one attached hydrogen (secondary N) is 1. The molecule has 0 radical (unpaired) electrons. The molecule has 0 aliphatic heterocycles. The van der Waals surface area contributed by atoms with Crippen molar-refractivity contribution in [1.82, 2.24) is 5.32 Å². The summed E-state index contributed by atoms with van der Waals surface area (Å²) in [5.41, 5.74) is 0.814. The highest BCUT2D eigenvalue weighted by atomic mass is 79.9. The van der Waals surface area contributed by atoms with Crippen LogP contribution in [-0.2, 0) is 6.42 Å². The van der Waals surface area contributed by atoms with Crippen molar-refractivity contribution in [3.05, 3.63) is 34.1 Å². The first-order chi connectivity index (χ1) is 9.13. The Balaban J connectivity index is 2.05. The first-order valence-electron chi connectivity index (χ1n) is 7.25. The molecule has 3 heteroatoms. The third kappa shape index (κ3) is 3.79. The molecule has 1 aliphatic carbocycles. The molecule has 1 fully saturated rings. The van der Waals surface area contributed by atoms with Gasteiger partial charge in [0, 0.05) is 10.5 Å². The maximum atomic E-state index is 13.8. The van der Waals surface area contributed by atoms with Gasteiger partial charge < -0.3 is 5.32 Å². The van der Waals surface area contributed by atoms with Gasteiger partial charge in [-0.15, -0.1) is 0 Å². The molecule has 1 nitrogen and oxygen atoms in total. The molecule has 19 heavy (non-hydrogen) atoms. The molecular weight excluding hydrogens is 305 g/mol. The zero-order chi connectivity index (χ0) is 13.8. The summed E-state index contributed by atoms with van der Waals surface area (Å²) in [7, 11) is 2.00. The monoisotopic (exact) mass is 327 g/mol. The fraction of sp³-hybridized carbons (Fsp3) is 0.625. The second-order valence-electron chi connectivity index (χ2n) is 5.68. The van der Waals surface area contributed by atoms with E-state index in [1.165, 1.54) is 25.7 Å². The minimum Gasteiger partial charge on any atom is -0.316 e. The molecule has 1 aromatic carbocycles. The van der Waals surface area contributed by atoms with Crippen LogP contribution in [0, 0.1) is 17.7 Å². The molecule has 0 aromatic heterocycles. The fourth-order valence-corrected chi connectivity index (χ4v) is 3.70. The Labute approximate surface area is 124 Å². The first kappa shape index (κ1) is 15.0. The van der Waals surface area contributed by atoms with Crippen molar-refractivity contribution in [3.8, 4) is 0 Å². The second kappa shape index (κ2) is 6.85. The SMILES string of the molecule is CCC1CCC(C(Cc2cc(Br)ccc2F)NC)C1. The van der Waals surface area contributed by atoms with Crippen molar-refractivity contribution < 1.29 is 4.39 Å². The number of likely N-dealkylation sites (N-methyl/N-ethyl adjacent to an activating group) is 1. The highest BCUT2D eigenvalue weighted by molar-refractivity contribution is 9.10. The molecule has 2 rings (SSSR count). The van der Waals surface area contributed by atoms with Gasteiger partial charge in [-0.2, -0.15) is 0 Å². The molecule has 106 valence electrons. The van der Waals surface area contributed by atoms with Crippen LogP contribution in [0.15, 0.2) is 22.7 Å². The third-order valence-corrected chi connectivity index (χ3v) is 5.04. The molecule has 1 aliphatic rings. The predicted octanol–water partition coefficient (Wildman–Crippen LogP) is 4.55. The number of benzene rings is 1. The average molecular weight is 328 g/mol. The van der Waals surface area contributed by atoms with Crippen LogP contribution in [0.1, 0.15) is 38.2 Å². The Kier molecular flexibility index (Phi) is 5.40. The minimum absolute atomic E-state index is 0.0894. The van der Waals surface area contributed by atoms with E-state index in [1.807, 2.05) is 13.1 Å². The van der Waals surface area contributed by atoms with E-state index in [4.69, 9.17) is 0 Å². The summed E-state index contributed by atoms with van der Waals surface area (Å²) in [6, 6.07) is 5.61. The van der Waals surface area contributed by atoms with Crippen LogP contribution in [0.4, 0.5) is 4.39 Å². The van der Waals surface area contributed by atoms with E-state index in [1.54, 1.807) is 12.1 Å². The maximum absolute atomic E-state index is 13.8. The molecule has 1 N–H and O–H groups in total. The standard InChI is InChI=1S/C16H23BrFN/c1-3-11-4-5-12(8-11)16(19-2)10-13-9-14(17)6-7-15(13)18/h6-7,9,11-12,16,19H,3-5,8,10H2,1-2H3. The summed E-state index contributed by atoms with van der Waals surface area (Å²) in [6.45, 7) is 2.27. The van der Waals surface area contributed by atoms with Crippen LogP contribution in [0.3, 0.4) is 0 Å². The van der Waals surface area contributed by atoms with Crippen molar-refractivity contribution >= 4 is 15.9 Å². The quantitative estimate of drug-likeness (QED) is 0.836. The molecule has 0 bridgehead atoms. The highest BCUT2D eigenvalue weighted by Gasteiger charge is 2.29. The lowest BCUT2D eigenvalue weighted by molar-refractivity contribution is 0.358.